The molecule has 0 bridgehead atoms. The standard InChI is InChI=1S/C39H46FN4O8P.C9H18ClN2OP/c1-26(2)44(27(3)4)53(50-24-10-22-41)52-36-33(51-37(35(36)40)43-23-21-34(45)42-38(43)46)25-49-39(28-11-8-7-9-12-28,29-13-17-31(47-5)18-14-29)30-15-19-32(48-6)20-16-30;1-8(2)12(9(3)4)14(10)13-7-5-6-11/h7-9,11-21,23,26-27,33,35-37H,10,24-25H2,1-6H3,(H,42,45,46);8-9H,5,7H2,1-4H3. The number of nitrogens with one attached hydrogen (secondary N) is 1. The number of H-pyrrole nitrogens is 1. The summed E-state index contributed by atoms with van der Waals surface area (Å²) in [5.41, 5.74) is -0.435. The van der Waals surface area contributed by atoms with Gasteiger partial charge < -0.3 is 32.5 Å². The molecule has 364 valence electrons. The maximum Gasteiger partial charge on any atom is 0.330 e. The number of methoxy groups -OCH3 is 2. The molecule has 67 heavy (non-hydrogen) atoms. The second kappa shape index (κ2) is 27.0. The number of hydrogen-bond acceptors (Lipinski definition) is 13. The van der Waals surface area contributed by atoms with Crippen LogP contribution in [0.5, 0.6) is 11.5 Å². The lowest BCUT2D eigenvalue weighted by molar-refractivity contribution is -0.0934. The number of rotatable bonds is 23. The number of nitrogens with zero attached hydrogens (tertiary/aromatic N) is 5. The van der Waals surface area contributed by atoms with Crippen molar-refractivity contribution in [2.24, 2.45) is 0 Å². The van der Waals surface area contributed by atoms with Crippen LogP contribution in [-0.4, -0.2) is 95.5 Å². The first-order valence-electron chi connectivity index (χ1n) is 22.1. The Hall–Kier alpha value is -4.28. The zero-order valence-corrected chi connectivity index (χ0v) is 42.4. The highest BCUT2D eigenvalue weighted by atomic mass is 35.7. The Bertz CT molecular complexity index is 2230. The van der Waals surface area contributed by atoms with Crippen LogP contribution in [-0.2, 0) is 28.6 Å². The molecule has 3 aromatic carbocycles. The second-order valence-electron chi connectivity index (χ2n) is 16.5. The summed E-state index contributed by atoms with van der Waals surface area (Å²) in [6, 6.07) is 30.4. The summed E-state index contributed by atoms with van der Waals surface area (Å²) in [7, 11) is 0.173. The van der Waals surface area contributed by atoms with E-state index in [9.17, 15) is 14.9 Å². The molecule has 1 N–H and O–H groups in total. The lowest BCUT2D eigenvalue weighted by Gasteiger charge is -2.39. The topological polar surface area (TPSA) is 174 Å². The van der Waals surface area contributed by atoms with E-state index in [0.29, 0.717) is 36.6 Å². The van der Waals surface area contributed by atoms with Gasteiger partial charge in [0.15, 0.2) is 12.4 Å². The van der Waals surface area contributed by atoms with Crippen molar-refractivity contribution in [3.8, 4) is 23.6 Å². The summed E-state index contributed by atoms with van der Waals surface area (Å²) < 4.78 is 64.5. The molecule has 4 aromatic rings. The third-order valence-corrected chi connectivity index (χ3v) is 15.2. The highest BCUT2D eigenvalue weighted by Crippen LogP contribution is 2.52. The molecule has 1 aliphatic heterocycles. The number of hydrogen-bond donors (Lipinski definition) is 1. The molecule has 1 fully saturated rings. The summed E-state index contributed by atoms with van der Waals surface area (Å²) >= 11 is 6.13. The molecule has 6 atom stereocenters. The normalized spacial score (nSPS) is 18.2. The largest absolute Gasteiger partial charge is 0.497 e. The zero-order valence-electron chi connectivity index (χ0n) is 39.9. The quantitative estimate of drug-likeness (QED) is 0.0423. The molecule has 0 radical (unpaired) electrons. The zero-order chi connectivity index (χ0) is 49.3. The molecule has 6 unspecified atom stereocenters. The van der Waals surface area contributed by atoms with E-state index >= 15 is 4.39 Å². The van der Waals surface area contributed by atoms with Gasteiger partial charge in [-0.05, 0) is 108 Å². The Morgan fingerprint density at radius 3 is 1.72 bits per heavy atom. The fourth-order valence-electron chi connectivity index (χ4n) is 7.68. The van der Waals surface area contributed by atoms with Crippen LogP contribution >= 0.6 is 27.4 Å². The van der Waals surface area contributed by atoms with Gasteiger partial charge in [-0.2, -0.15) is 10.5 Å². The van der Waals surface area contributed by atoms with E-state index in [0.717, 1.165) is 27.3 Å². The minimum Gasteiger partial charge on any atom is -0.497 e. The summed E-state index contributed by atoms with van der Waals surface area (Å²) in [6.45, 7) is 16.5. The Labute approximate surface area is 401 Å². The predicted octanol–water partition coefficient (Wildman–Crippen LogP) is 9.96. The molecule has 0 saturated carbocycles. The van der Waals surface area contributed by atoms with Crippen LogP contribution < -0.4 is 20.7 Å². The third kappa shape index (κ3) is 14.6. The molecule has 0 aliphatic carbocycles. The van der Waals surface area contributed by atoms with E-state index in [1.54, 1.807) is 14.2 Å². The van der Waals surface area contributed by atoms with E-state index in [1.807, 2.05) is 117 Å². The maximum atomic E-state index is 16.9. The van der Waals surface area contributed by atoms with Crippen LogP contribution in [0, 0.1) is 22.7 Å². The van der Waals surface area contributed by atoms with Crippen molar-refractivity contribution in [2.75, 3.05) is 34.0 Å². The van der Waals surface area contributed by atoms with Crippen molar-refractivity contribution in [2.45, 2.75) is 123 Å². The van der Waals surface area contributed by atoms with Crippen molar-refractivity contribution in [3.05, 3.63) is 129 Å². The fourth-order valence-corrected chi connectivity index (χ4v) is 11.8. The van der Waals surface area contributed by atoms with Crippen molar-refractivity contribution in [1.29, 1.82) is 10.5 Å². The number of benzene rings is 3. The lowest BCUT2D eigenvalue weighted by atomic mass is 9.80. The van der Waals surface area contributed by atoms with Crippen LogP contribution in [0.1, 0.15) is 91.1 Å². The van der Waals surface area contributed by atoms with Crippen LogP contribution in [0.3, 0.4) is 0 Å². The molecule has 15 nitrogen and oxygen atoms in total. The predicted molar refractivity (Wildman–Crippen MR) is 260 cm³/mol. The molecule has 2 heterocycles. The molecule has 19 heteroatoms. The number of aromatic nitrogens is 2. The number of alkyl halides is 1. The third-order valence-electron chi connectivity index (χ3n) is 10.6. The summed E-state index contributed by atoms with van der Waals surface area (Å²) in [6.07, 6.45) is -4.04. The number of halogens is 2. The van der Waals surface area contributed by atoms with Gasteiger partial charge in [-0.3, -0.25) is 14.3 Å². The number of ether oxygens (including phenoxy) is 4. The van der Waals surface area contributed by atoms with E-state index in [-0.39, 0.29) is 31.7 Å². The number of aromatic amines is 1. The first-order chi connectivity index (χ1) is 32.0. The monoisotopic (exact) mass is 984 g/mol. The summed E-state index contributed by atoms with van der Waals surface area (Å²) in [4.78, 5) is 27.1. The van der Waals surface area contributed by atoms with Gasteiger partial charge in [0.05, 0.1) is 59.0 Å². The Morgan fingerprint density at radius 1 is 0.761 bits per heavy atom. The minimum absolute atomic E-state index is 0.0632. The van der Waals surface area contributed by atoms with Gasteiger partial charge in [0, 0.05) is 36.4 Å². The molecule has 0 amide bonds. The van der Waals surface area contributed by atoms with E-state index in [4.69, 9.17) is 49.0 Å². The molecule has 0 spiro atoms. The maximum absolute atomic E-state index is 16.9. The van der Waals surface area contributed by atoms with Gasteiger partial charge in [0.2, 0.25) is 7.65 Å². The van der Waals surface area contributed by atoms with Crippen molar-refractivity contribution in [1.82, 2.24) is 18.9 Å². The number of nitriles is 2. The van der Waals surface area contributed by atoms with Gasteiger partial charge in [-0.1, -0.05) is 54.6 Å². The van der Waals surface area contributed by atoms with Gasteiger partial charge in [0.25, 0.3) is 14.1 Å². The van der Waals surface area contributed by atoms with E-state index in [2.05, 4.69) is 43.4 Å². The van der Waals surface area contributed by atoms with Gasteiger partial charge in [-0.15, -0.1) is 0 Å². The average molecular weight is 985 g/mol. The Balaban J connectivity index is 0.000000604. The van der Waals surface area contributed by atoms with Gasteiger partial charge in [-0.25, -0.2) is 18.5 Å². The average Bonchev–Trinajstić information content (AvgIpc) is 3.60. The smallest absolute Gasteiger partial charge is 0.330 e. The van der Waals surface area contributed by atoms with Crippen LogP contribution in [0.15, 0.2) is 101 Å². The lowest BCUT2D eigenvalue weighted by Crippen LogP contribution is -2.41. The molecule has 1 saturated heterocycles. The molecule has 1 aromatic heterocycles. The molecule has 5 rings (SSSR count). The van der Waals surface area contributed by atoms with Crippen molar-refractivity contribution < 1.29 is 36.9 Å². The summed E-state index contributed by atoms with van der Waals surface area (Å²) in [5.74, 6) is 1.30. The van der Waals surface area contributed by atoms with Crippen LogP contribution in [0.2, 0.25) is 0 Å². The van der Waals surface area contributed by atoms with Gasteiger partial charge in [0.1, 0.15) is 29.3 Å². The first-order valence-corrected chi connectivity index (χ1v) is 25.4. The molecular formula is C48H64ClFN6O9P2. The van der Waals surface area contributed by atoms with E-state index in [1.165, 1.54) is 6.20 Å². The van der Waals surface area contributed by atoms with Crippen molar-refractivity contribution in [3.63, 3.8) is 0 Å². The minimum atomic E-state index is -1.93. The van der Waals surface area contributed by atoms with Crippen molar-refractivity contribution >= 4 is 27.4 Å². The van der Waals surface area contributed by atoms with E-state index < -0.39 is 57.6 Å². The highest BCUT2D eigenvalue weighted by Gasteiger charge is 2.51. The second-order valence-corrected chi connectivity index (χ2v) is 19.9. The van der Waals surface area contributed by atoms with Crippen LogP contribution in [0.4, 0.5) is 4.39 Å². The highest BCUT2D eigenvalue weighted by molar-refractivity contribution is 7.78. The Morgan fingerprint density at radius 2 is 1.25 bits per heavy atom. The first kappa shape index (κ1) is 55.3. The molecule has 1 aliphatic rings. The SMILES string of the molecule is CC(C)N(C(C)C)P(Cl)OCCC#N.COc1ccc(C(OCC2OC(n3ccc(=O)[nH]c3=O)C(F)C2OP(OCCC#N)N(C(C)C)C(C)C)(c2ccccc2)c2ccc(OC)cc2)cc1. The fraction of sp³-hybridized carbons (Fsp3) is 0.500. The summed E-state index contributed by atoms with van der Waals surface area (Å²) in [5, 5.41) is 17.6. The molecular weight excluding hydrogens is 921 g/mol. The van der Waals surface area contributed by atoms with Crippen LogP contribution in [0.25, 0.3) is 0 Å². The Kier molecular flexibility index (Phi) is 22.3. The van der Waals surface area contributed by atoms with Gasteiger partial charge >= 0.3 is 5.69 Å².